The number of amides is 2. The third kappa shape index (κ3) is 5.84. The van der Waals surface area contributed by atoms with Gasteiger partial charge in [-0.3, -0.25) is 0 Å². The number of anilines is 2. The minimum atomic E-state index is -0.375. The van der Waals surface area contributed by atoms with Crippen molar-refractivity contribution in [1.82, 2.24) is 4.90 Å². The molecule has 2 heterocycles. The molecule has 0 radical (unpaired) electrons. The summed E-state index contributed by atoms with van der Waals surface area (Å²) in [6.07, 6.45) is 1.01. The Bertz CT molecular complexity index is 1180. The van der Waals surface area contributed by atoms with Crippen LogP contribution >= 0.6 is 11.8 Å². The van der Waals surface area contributed by atoms with Crippen LogP contribution in [0.2, 0.25) is 0 Å². The van der Waals surface area contributed by atoms with E-state index in [1.54, 1.807) is 31.0 Å². The number of hydrogen-bond donors (Lipinski definition) is 2. The van der Waals surface area contributed by atoms with Crippen LogP contribution in [0.5, 0.6) is 5.75 Å². The molecule has 0 bridgehead atoms. The number of hydrogen-bond acceptors (Lipinski definition) is 7. The highest BCUT2D eigenvalue weighted by molar-refractivity contribution is 8.13. The molecule has 2 amide bonds. The summed E-state index contributed by atoms with van der Waals surface area (Å²) in [5.41, 5.74) is 3.41. The molecule has 2 aliphatic rings. The summed E-state index contributed by atoms with van der Waals surface area (Å²) in [4.78, 5) is 32.6. The summed E-state index contributed by atoms with van der Waals surface area (Å²) in [5.74, 6) is 1.50. The van der Waals surface area contributed by atoms with E-state index in [0.29, 0.717) is 35.0 Å². The number of aliphatic imine (C=N–C) groups is 1. The predicted molar refractivity (Wildman–Crippen MR) is 145 cm³/mol. The molecule has 9 heteroatoms. The lowest BCUT2D eigenvalue weighted by Gasteiger charge is -2.40. The molecule has 0 spiro atoms. The van der Waals surface area contributed by atoms with E-state index < -0.39 is 0 Å². The zero-order chi connectivity index (χ0) is 25.7. The number of carbonyl (C=O) groups is 2. The maximum atomic E-state index is 13.2. The van der Waals surface area contributed by atoms with Crippen molar-refractivity contribution < 1.29 is 19.1 Å². The van der Waals surface area contributed by atoms with Crippen LogP contribution in [0.1, 0.15) is 38.8 Å². The maximum Gasteiger partial charge on any atom is 0.338 e. The van der Waals surface area contributed by atoms with Gasteiger partial charge in [-0.2, -0.15) is 0 Å². The molecule has 2 N–H and O–H groups in total. The molecule has 0 aromatic heterocycles. The summed E-state index contributed by atoms with van der Waals surface area (Å²) < 4.78 is 10.9. The number of urea groups is 1. The van der Waals surface area contributed by atoms with Gasteiger partial charge in [0.05, 0.1) is 36.7 Å². The molecule has 8 nitrogen and oxygen atoms in total. The Labute approximate surface area is 216 Å². The Kier molecular flexibility index (Phi) is 8.20. The van der Waals surface area contributed by atoms with E-state index >= 15 is 0 Å². The van der Waals surface area contributed by atoms with Crippen molar-refractivity contribution in [3.05, 3.63) is 65.4 Å². The number of nitrogens with one attached hydrogen (secondary N) is 2. The van der Waals surface area contributed by atoms with Crippen molar-refractivity contribution in [3.8, 4) is 5.75 Å². The quantitative estimate of drug-likeness (QED) is 0.469. The second-order valence-electron chi connectivity index (χ2n) is 9.09. The lowest BCUT2D eigenvalue weighted by atomic mass is 9.94. The van der Waals surface area contributed by atoms with Crippen molar-refractivity contribution in [2.75, 3.05) is 36.6 Å². The number of thioether (sulfide) groups is 1. The summed E-state index contributed by atoms with van der Waals surface area (Å²) in [6.45, 7) is 7.07. The van der Waals surface area contributed by atoms with E-state index in [1.807, 2.05) is 57.2 Å². The van der Waals surface area contributed by atoms with Gasteiger partial charge in [-0.15, -0.1) is 0 Å². The van der Waals surface area contributed by atoms with Crippen molar-refractivity contribution >= 4 is 40.3 Å². The average Bonchev–Trinajstić information content (AvgIpc) is 2.87. The fourth-order valence-corrected chi connectivity index (χ4v) is 5.20. The number of nitrogens with zero attached hydrogens (tertiary/aromatic N) is 2. The minimum Gasteiger partial charge on any atom is -0.495 e. The molecule has 4 rings (SSSR count). The summed E-state index contributed by atoms with van der Waals surface area (Å²) in [6, 6.07) is 14.1. The number of ether oxygens (including phenoxy) is 2. The molecule has 36 heavy (non-hydrogen) atoms. The van der Waals surface area contributed by atoms with Crippen molar-refractivity contribution in [2.24, 2.45) is 10.9 Å². The zero-order valence-corrected chi connectivity index (χ0v) is 21.9. The Morgan fingerprint density at radius 3 is 2.61 bits per heavy atom. The highest BCUT2D eigenvalue weighted by atomic mass is 32.2. The van der Waals surface area contributed by atoms with Crippen LogP contribution in [0.15, 0.2) is 64.8 Å². The summed E-state index contributed by atoms with van der Waals surface area (Å²) in [5, 5.41) is 6.59. The molecule has 190 valence electrons. The first kappa shape index (κ1) is 25.6. The van der Waals surface area contributed by atoms with Crippen LogP contribution in [0.4, 0.5) is 16.2 Å². The SMILES string of the molecule is COc1ccccc1NC(=O)Nc1ccc([C@H]2C(C(=O)OCC(C)C)=C(C)N=C3SCCCN32)cc1. The number of rotatable bonds is 7. The first-order chi connectivity index (χ1) is 17.4. The smallest absolute Gasteiger partial charge is 0.338 e. The minimum absolute atomic E-state index is 0.244. The molecule has 0 aliphatic carbocycles. The largest absolute Gasteiger partial charge is 0.495 e. The number of carbonyl (C=O) groups excluding carboxylic acids is 2. The van der Waals surface area contributed by atoms with Crippen molar-refractivity contribution in [2.45, 2.75) is 33.2 Å². The van der Waals surface area contributed by atoms with Crippen LogP contribution in [0.3, 0.4) is 0 Å². The molecule has 2 aliphatic heterocycles. The summed E-state index contributed by atoms with van der Waals surface area (Å²) >= 11 is 1.71. The highest BCUT2D eigenvalue weighted by Gasteiger charge is 2.38. The maximum absolute atomic E-state index is 13.2. The zero-order valence-electron chi connectivity index (χ0n) is 21.0. The number of methoxy groups -OCH3 is 1. The molecule has 0 saturated carbocycles. The molecule has 1 saturated heterocycles. The van der Waals surface area contributed by atoms with Crippen molar-refractivity contribution in [3.63, 3.8) is 0 Å². The molecular weight excluding hydrogens is 476 g/mol. The van der Waals surface area contributed by atoms with Crippen LogP contribution < -0.4 is 15.4 Å². The highest BCUT2D eigenvalue weighted by Crippen LogP contribution is 2.40. The van der Waals surface area contributed by atoms with Gasteiger partial charge in [0.2, 0.25) is 0 Å². The molecule has 0 unspecified atom stereocenters. The standard InChI is InChI=1S/C27H32N4O4S/c1-17(2)16-35-25(32)23-18(3)28-27-31(14-7-15-36-27)24(23)19-10-12-20(13-11-19)29-26(33)30-21-8-5-6-9-22(21)34-4/h5-6,8-13,17,24H,7,14-16H2,1-4H3,(H2,29,30,33)/t24-/m0/s1. The van der Waals surface area contributed by atoms with E-state index in [0.717, 1.165) is 29.4 Å². The number of fused-ring (bicyclic) bond motifs is 1. The van der Waals surface area contributed by atoms with Gasteiger partial charge in [0.25, 0.3) is 0 Å². The van der Waals surface area contributed by atoms with Gasteiger partial charge in [0.1, 0.15) is 5.75 Å². The fourth-order valence-electron chi connectivity index (χ4n) is 4.18. The number of amidine groups is 1. The van der Waals surface area contributed by atoms with Gasteiger partial charge in [-0.1, -0.05) is 49.9 Å². The molecule has 2 aromatic carbocycles. The van der Waals surface area contributed by atoms with Crippen LogP contribution in [-0.4, -0.2) is 48.1 Å². The predicted octanol–water partition coefficient (Wildman–Crippen LogP) is 5.66. The van der Waals surface area contributed by atoms with Crippen LogP contribution in [0.25, 0.3) is 0 Å². The Morgan fingerprint density at radius 1 is 1.14 bits per heavy atom. The average molecular weight is 509 g/mol. The van der Waals surface area contributed by atoms with Crippen LogP contribution in [-0.2, 0) is 9.53 Å². The van der Waals surface area contributed by atoms with E-state index in [4.69, 9.17) is 14.5 Å². The first-order valence-electron chi connectivity index (χ1n) is 12.0. The summed E-state index contributed by atoms with van der Waals surface area (Å²) in [7, 11) is 1.56. The lowest BCUT2D eigenvalue weighted by Crippen LogP contribution is -2.42. The first-order valence-corrected chi connectivity index (χ1v) is 13.0. The van der Waals surface area contributed by atoms with Gasteiger partial charge in [0.15, 0.2) is 5.17 Å². The molecule has 2 aromatic rings. The van der Waals surface area contributed by atoms with Gasteiger partial charge >= 0.3 is 12.0 Å². The van der Waals surface area contributed by atoms with E-state index in [2.05, 4.69) is 15.5 Å². The lowest BCUT2D eigenvalue weighted by molar-refractivity contribution is -0.140. The number of esters is 1. The van der Waals surface area contributed by atoms with E-state index in [1.165, 1.54) is 0 Å². The monoisotopic (exact) mass is 508 g/mol. The van der Waals surface area contributed by atoms with Gasteiger partial charge in [-0.05, 0) is 49.1 Å². The molecule has 1 atom stereocenters. The second kappa shape index (κ2) is 11.5. The van der Waals surface area contributed by atoms with Crippen molar-refractivity contribution in [1.29, 1.82) is 0 Å². The fraction of sp³-hybridized carbons (Fsp3) is 0.370. The Hall–Kier alpha value is -3.46. The Morgan fingerprint density at radius 2 is 1.89 bits per heavy atom. The topological polar surface area (TPSA) is 92.3 Å². The normalized spacial score (nSPS) is 17.3. The van der Waals surface area contributed by atoms with Crippen LogP contribution in [0, 0.1) is 5.92 Å². The number of para-hydroxylation sites is 2. The van der Waals surface area contributed by atoms with E-state index in [-0.39, 0.29) is 24.0 Å². The van der Waals surface area contributed by atoms with E-state index in [9.17, 15) is 9.59 Å². The molecule has 1 fully saturated rings. The second-order valence-corrected chi connectivity index (χ2v) is 10.1. The number of allylic oxidation sites excluding steroid dienone is 1. The Balaban J connectivity index is 1.54. The molecular formula is C27H32N4O4S. The number of benzene rings is 2. The van der Waals surface area contributed by atoms with Gasteiger partial charge < -0.3 is 25.0 Å². The third-order valence-electron chi connectivity index (χ3n) is 5.87. The van der Waals surface area contributed by atoms with Gasteiger partial charge in [0, 0.05) is 18.0 Å². The van der Waals surface area contributed by atoms with Gasteiger partial charge in [-0.25, -0.2) is 14.6 Å². The third-order valence-corrected chi connectivity index (χ3v) is 6.94.